The van der Waals surface area contributed by atoms with Gasteiger partial charge in [0.15, 0.2) is 5.13 Å². The molecule has 0 spiro atoms. The minimum atomic E-state index is -0.0796. The molecule has 3 aromatic heterocycles. The lowest BCUT2D eigenvalue weighted by molar-refractivity contribution is -0.120. The summed E-state index contributed by atoms with van der Waals surface area (Å²) in [5, 5.41) is 11.2. The predicted molar refractivity (Wildman–Crippen MR) is 123 cm³/mol. The number of rotatable bonds is 5. The van der Waals surface area contributed by atoms with E-state index in [4.69, 9.17) is 14.8 Å². The summed E-state index contributed by atoms with van der Waals surface area (Å²) in [6.07, 6.45) is 3.76. The number of nitrogens with zero attached hydrogens (tertiary/aromatic N) is 5. The summed E-state index contributed by atoms with van der Waals surface area (Å²) >= 11 is 3.01. The molecule has 4 heterocycles. The van der Waals surface area contributed by atoms with Crippen LogP contribution in [0, 0.1) is 12.8 Å². The zero-order chi connectivity index (χ0) is 21.4. The van der Waals surface area contributed by atoms with Gasteiger partial charge in [-0.15, -0.1) is 16.4 Å². The van der Waals surface area contributed by atoms with E-state index in [1.54, 1.807) is 18.4 Å². The minimum absolute atomic E-state index is 0.0298. The molecule has 160 valence electrons. The second kappa shape index (κ2) is 8.27. The molecule has 1 aliphatic heterocycles. The van der Waals surface area contributed by atoms with Crippen LogP contribution in [-0.4, -0.2) is 45.7 Å². The second-order valence-corrected chi connectivity index (χ2v) is 9.33. The summed E-state index contributed by atoms with van der Waals surface area (Å²) in [5.41, 5.74) is 2.82. The van der Waals surface area contributed by atoms with Gasteiger partial charge in [0, 0.05) is 24.0 Å². The van der Waals surface area contributed by atoms with Crippen LogP contribution in [0.1, 0.15) is 18.5 Å². The van der Waals surface area contributed by atoms with E-state index in [1.807, 2.05) is 47.3 Å². The van der Waals surface area contributed by atoms with Gasteiger partial charge in [-0.25, -0.2) is 14.5 Å². The fourth-order valence-electron chi connectivity index (χ4n) is 3.70. The number of benzene rings is 1. The molecule has 1 unspecified atom stereocenters. The van der Waals surface area contributed by atoms with Crippen molar-refractivity contribution in [1.82, 2.24) is 19.6 Å². The van der Waals surface area contributed by atoms with E-state index in [0.717, 1.165) is 52.2 Å². The minimum Gasteiger partial charge on any atom is -0.497 e. The lowest BCUT2D eigenvalue weighted by Crippen LogP contribution is -2.40. The smallest absolute Gasteiger partial charge is 0.231 e. The fraction of sp³-hybridized carbons (Fsp3) is 0.333. The van der Waals surface area contributed by atoms with Gasteiger partial charge in [-0.05, 0) is 44.0 Å². The Kier molecular flexibility index (Phi) is 5.33. The fourth-order valence-corrected chi connectivity index (χ4v) is 5.31. The molecule has 0 aliphatic carbocycles. The van der Waals surface area contributed by atoms with Crippen molar-refractivity contribution in [1.29, 1.82) is 0 Å². The van der Waals surface area contributed by atoms with Crippen LogP contribution in [0.3, 0.4) is 0 Å². The maximum atomic E-state index is 12.7. The molecule has 1 aliphatic rings. The van der Waals surface area contributed by atoms with Crippen molar-refractivity contribution in [2.75, 3.05) is 30.4 Å². The van der Waals surface area contributed by atoms with Crippen LogP contribution in [0.5, 0.6) is 5.75 Å². The number of anilines is 2. The zero-order valence-corrected chi connectivity index (χ0v) is 18.9. The summed E-state index contributed by atoms with van der Waals surface area (Å²) in [7, 11) is 1.65. The van der Waals surface area contributed by atoms with Crippen LogP contribution in [0.15, 0.2) is 35.8 Å². The predicted octanol–water partition coefficient (Wildman–Crippen LogP) is 4.09. The number of imidazole rings is 1. The highest BCUT2D eigenvalue weighted by molar-refractivity contribution is 7.20. The Morgan fingerprint density at radius 1 is 1.26 bits per heavy atom. The average Bonchev–Trinajstić information content (AvgIpc) is 3.49. The molecule has 1 saturated heterocycles. The van der Waals surface area contributed by atoms with Gasteiger partial charge in [0.25, 0.3) is 0 Å². The standard InChI is InChI=1S/C21H22N6O2S2/c1-13-12-30-19(22-13)24-18(28)15-4-3-9-26(10-15)21-25-27-11-17(23-20(27)31-21)14-5-7-16(29-2)8-6-14/h5-8,11-12,15H,3-4,9-10H2,1-2H3,(H,22,24,28). The molecule has 0 radical (unpaired) electrons. The summed E-state index contributed by atoms with van der Waals surface area (Å²) in [6, 6.07) is 7.83. The third kappa shape index (κ3) is 4.13. The first kappa shape index (κ1) is 20.0. The number of hydrogen-bond acceptors (Lipinski definition) is 8. The van der Waals surface area contributed by atoms with Crippen LogP contribution in [0.2, 0.25) is 0 Å². The topological polar surface area (TPSA) is 84.7 Å². The number of nitrogens with one attached hydrogen (secondary N) is 1. The Morgan fingerprint density at radius 2 is 2.10 bits per heavy atom. The lowest BCUT2D eigenvalue weighted by atomic mass is 9.98. The van der Waals surface area contributed by atoms with E-state index in [9.17, 15) is 4.79 Å². The molecular formula is C21H22N6O2S2. The van der Waals surface area contributed by atoms with Crippen LogP contribution < -0.4 is 15.0 Å². The van der Waals surface area contributed by atoms with E-state index >= 15 is 0 Å². The third-order valence-electron chi connectivity index (χ3n) is 5.33. The monoisotopic (exact) mass is 454 g/mol. The van der Waals surface area contributed by atoms with Crippen molar-refractivity contribution < 1.29 is 9.53 Å². The largest absolute Gasteiger partial charge is 0.497 e. The van der Waals surface area contributed by atoms with E-state index in [2.05, 4.69) is 15.2 Å². The van der Waals surface area contributed by atoms with Gasteiger partial charge < -0.3 is 15.0 Å². The SMILES string of the molecule is COc1ccc(-c2cn3nc(N4CCCC(C(=O)Nc5nc(C)cs5)C4)sc3n2)cc1. The summed E-state index contributed by atoms with van der Waals surface area (Å²) < 4.78 is 7.04. The Bertz CT molecular complexity index is 1180. The highest BCUT2D eigenvalue weighted by atomic mass is 32.1. The Morgan fingerprint density at radius 3 is 2.81 bits per heavy atom. The first-order chi connectivity index (χ1) is 15.1. The number of aryl methyl sites for hydroxylation is 1. The third-order valence-corrected chi connectivity index (χ3v) is 7.19. The normalized spacial score (nSPS) is 16.6. The second-order valence-electron chi connectivity index (χ2n) is 7.53. The molecule has 1 amide bonds. The average molecular weight is 455 g/mol. The molecule has 1 aromatic carbocycles. The van der Waals surface area contributed by atoms with Crippen molar-refractivity contribution in [2.45, 2.75) is 19.8 Å². The lowest BCUT2D eigenvalue weighted by Gasteiger charge is -2.31. The number of ether oxygens (including phenoxy) is 1. The molecule has 0 saturated carbocycles. The molecule has 31 heavy (non-hydrogen) atoms. The molecule has 8 nitrogen and oxygen atoms in total. The Hall–Kier alpha value is -2.98. The van der Waals surface area contributed by atoms with Crippen molar-refractivity contribution in [3.63, 3.8) is 0 Å². The summed E-state index contributed by atoms with van der Waals surface area (Å²) in [5.74, 6) is 0.769. The van der Waals surface area contributed by atoms with Crippen molar-refractivity contribution in [3.8, 4) is 17.0 Å². The molecule has 0 bridgehead atoms. The molecule has 5 rings (SSSR count). The van der Waals surface area contributed by atoms with E-state index in [0.29, 0.717) is 11.7 Å². The van der Waals surface area contributed by atoms with Gasteiger partial charge in [0.2, 0.25) is 16.0 Å². The van der Waals surface area contributed by atoms with Crippen molar-refractivity contribution >= 4 is 43.8 Å². The van der Waals surface area contributed by atoms with E-state index < -0.39 is 0 Å². The number of carbonyl (C=O) groups is 1. The van der Waals surface area contributed by atoms with E-state index in [-0.39, 0.29) is 11.8 Å². The number of aromatic nitrogens is 4. The Balaban J connectivity index is 1.29. The van der Waals surface area contributed by atoms with Crippen molar-refractivity contribution in [2.24, 2.45) is 5.92 Å². The first-order valence-electron chi connectivity index (χ1n) is 10.1. The molecule has 1 atom stereocenters. The van der Waals surface area contributed by atoms with Crippen LogP contribution in [0.25, 0.3) is 16.2 Å². The number of piperidine rings is 1. The van der Waals surface area contributed by atoms with E-state index in [1.165, 1.54) is 11.3 Å². The van der Waals surface area contributed by atoms with Crippen LogP contribution in [-0.2, 0) is 4.79 Å². The first-order valence-corrected chi connectivity index (χ1v) is 11.8. The number of thiazole rings is 1. The maximum Gasteiger partial charge on any atom is 0.231 e. The van der Waals surface area contributed by atoms with Crippen LogP contribution in [0.4, 0.5) is 10.3 Å². The van der Waals surface area contributed by atoms with Crippen LogP contribution >= 0.6 is 22.7 Å². The summed E-state index contributed by atoms with van der Waals surface area (Å²) in [4.78, 5) is 24.8. The van der Waals surface area contributed by atoms with Gasteiger partial charge in [-0.2, -0.15) is 0 Å². The van der Waals surface area contributed by atoms with Crippen molar-refractivity contribution in [3.05, 3.63) is 41.5 Å². The molecule has 10 heteroatoms. The zero-order valence-electron chi connectivity index (χ0n) is 17.2. The number of amides is 1. The molecule has 1 fully saturated rings. The van der Waals surface area contributed by atoms with Gasteiger partial charge in [0.05, 0.1) is 30.6 Å². The maximum absolute atomic E-state index is 12.7. The number of carbonyl (C=O) groups excluding carboxylic acids is 1. The number of methoxy groups -OCH3 is 1. The van der Waals surface area contributed by atoms with Gasteiger partial charge in [-0.3, -0.25) is 4.79 Å². The molecule has 4 aromatic rings. The summed E-state index contributed by atoms with van der Waals surface area (Å²) in [6.45, 7) is 3.47. The quantitative estimate of drug-likeness (QED) is 0.489. The van der Waals surface area contributed by atoms with Gasteiger partial charge >= 0.3 is 0 Å². The molecule has 1 N–H and O–H groups in total. The highest BCUT2D eigenvalue weighted by Gasteiger charge is 2.28. The number of fused-ring (bicyclic) bond motifs is 1. The Labute approximate surface area is 187 Å². The number of hydrogen-bond donors (Lipinski definition) is 1. The molecular weight excluding hydrogens is 432 g/mol. The van der Waals surface area contributed by atoms with Gasteiger partial charge in [-0.1, -0.05) is 11.3 Å². The van der Waals surface area contributed by atoms with Gasteiger partial charge in [0.1, 0.15) is 5.75 Å². The highest BCUT2D eigenvalue weighted by Crippen LogP contribution is 2.30.